The standard InChI is InChI=1S/C37H71NO18/c1-37(2,3)56-36(42)38-8-9-43-10-11-44-12-13-45-14-15-46-16-17-47-18-19-48-20-21-49-22-23-50-24-25-51-26-27-52-28-29-53-30-31-54-32-33-55-35(41)7-5-4-6-34(39)40/h4-33H2,1-3H3,(H,38,42)(H,39,40). The van der Waals surface area contributed by atoms with Crippen molar-refractivity contribution in [2.45, 2.75) is 52.1 Å². The second kappa shape index (κ2) is 42.3. The van der Waals surface area contributed by atoms with E-state index in [2.05, 4.69) is 5.32 Å². The van der Waals surface area contributed by atoms with E-state index in [1.54, 1.807) is 0 Å². The van der Waals surface area contributed by atoms with Crippen LogP contribution in [-0.2, 0) is 75.9 Å². The van der Waals surface area contributed by atoms with Crippen LogP contribution in [0.2, 0.25) is 0 Å². The highest BCUT2D eigenvalue weighted by Crippen LogP contribution is 2.06. The van der Waals surface area contributed by atoms with Crippen LogP contribution in [0.5, 0.6) is 0 Å². The Hall–Kier alpha value is -2.27. The Morgan fingerprint density at radius 2 is 0.679 bits per heavy atom. The molecule has 0 unspecified atom stereocenters. The van der Waals surface area contributed by atoms with Crippen LogP contribution in [0.4, 0.5) is 4.79 Å². The van der Waals surface area contributed by atoms with Gasteiger partial charge in [0.15, 0.2) is 0 Å². The molecule has 19 nitrogen and oxygen atoms in total. The van der Waals surface area contributed by atoms with Crippen molar-refractivity contribution in [3.05, 3.63) is 0 Å². The first kappa shape index (κ1) is 53.7. The number of carboxylic acid groups (broad SMARTS) is 1. The van der Waals surface area contributed by atoms with Gasteiger partial charge in [-0.05, 0) is 33.6 Å². The molecule has 0 aliphatic carbocycles. The van der Waals surface area contributed by atoms with E-state index < -0.39 is 17.7 Å². The number of amides is 1. The summed E-state index contributed by atoms with van der Waals surface area (Å²) >= 11 is 0. The largest absolute Gasteiger partial charge is 0.481 e. The van der Waals surface area contributed by atoms with E-state index in [4.69, 9.17) is 71.4 Å². The summed E-state index contributed by atoms with van der Waals surface area (Å²) in [5.74, 6) is -1.22. The summed E-state index contributed by atoms with van der Waals surface area (Å²) in [6, 6.07) is 0. The van der Waals surface area contributed by atoms with E-state index in [9.17, 15) is 14.4 Å². The molecule has 0 spiro atoms. The smallest absolute Gasteiger partial charge is 0.407 e. The normalized spacial score (nSPS) is 11.6. The molecule has 0 aromatic heterocycles. The van der Waals surface area contributed by atoms with Gasteiger partial charge in [-0.3, -0.25) is 9.59 Å². The van der Waals surface area contributed by atoms with E-state index in [0.29, 0.717) is 171 Å². The summed E-state index contributed by atoms with van der Waals surface area (Å²) in [6.07, 6.45) is 0.755. The molecule has 0 radical (unpaired) electrons. The maximum absolute atomic E-state index is 11.5. The first-order valence-corrected chi connectivity index (χ1v) is 19.5. The zero-order valence-corrected chi connectivity index (χ0v) is 34.1. The molecule has 0 bridgehead atoms. The summed E-state index contributed by atoms with van der Waals surface area (Å²) in [4.78, 5) is 33.4. The number of unbranched alkanes of at least 4 members (excludes halogenated alkanes) is 1. The molecule has 0 saturated carbocycles. The Bertz CT molecular complexity index is 879. The number of carboxylic acids is 1. The summed E-state index contributed by atoms with van der Waals surface area (Å²) in [5, 5.41) is 11.2. The van der Waals surface area contributed by atoms with Gasteiger partial charge in [-0.15, -0.1) is 0 Å². The molecule has 19 heteroatoms. The number of hydrogen-bond acceptors (Lipinski definition) is 17. The minimum absolute atomic E-state index is 0.0553. The first-order valence-electron chi connectivity index (χ1n) is 19.5. The summed E-state index contributed by atoms with van der Waals surface area (Å²) < 4.78 is 75.5. The van der Waals surface area contributed by atoms with Gasteiger partial charge in [0.2, 0.25) is 0 Å². The Kier molecular flexibility index (Phi) is 40.6. The SMILES string of the molecule is CC(C)(C)OC(=O)NCCOCCOCCOCCOCCOCCOCCOCCOCCOCCOCCOCCOCCOC(=O)CCCCC(=O)O. The molecular formula is C37H71NO18. The van der Waals surface area contributed by atoms with Crippen LogP contribution >= 0.6 is 0 Å². The van der Waals surface area contributed by atoms with Gasteiger partial charge in [-0.2, -0.15) is 0 Å². The number of carbonyl (C=O) groups excluding carboxylic acids is 2. The topological polar surface area (TPSA) is 213 Å². The van der Waals surface area contributed by atoms with Crippen LogP contribution in [0.15, 0.2) is 0 Å². The Labute approximate surface area is 332 Å². The number of alkyl carbamates (subject to hydrolysis) is 1. The fraction of sp³-hybridized carbons (Fsp3) is 0.919. The molecule has 332 valence electrons. The van der Waals surface area contributed by atoms with Gasteiger partial charge in [0.1, 0.15) is 12.2 Å². The molecule has 0 aromatic carbocycles. The van der Waals surface area contributed by atoms with Crippen LogP contribution in [-0.4, -0.2) is 200 Å². The predicted octanol–water partition coefficient (Wildman–Crippen LogP) is 1.90. The highest BCUT2D eigenvalue weighted by atomic mass is 16.6. The lowest BCUT2D eigenvalue weighted by atomic mass is 10.2. The molecule has 0 fully saturated rings. The van der Waals surface area contributed by atoms with Gasteiger partial charge in [0.05, 0.1) is 159 Å². The Morgan fingerprint density at radius 1 is 0.411 bits per heavy atom. The van der Waals surface area contributed by atoms with Crippen LogP contribution in [0.3, 0.4) is 0 Å². The van der Waals surface area contributed by atoms with Crippen LogP contribution in [0.1, 0.15) is 46.5 Å². The summed E-state index contributed by atoms with van der Waals surface area (Å²) in [7, 11) is 0. The van der Waals surface area contributed by atoms with Crippen LogP contribution in [0.25, 0.3) is 0 Å². The molecule has 0 aliphatic rings. The number of ether oxygens (including phenoxy) is 14. The van der Waals surface area contributed by atoms with E-state index in [0.717, 1.165) is 0 Å². The van der Waals surface area contributed by atoms with Crippen molar-refractivity contribution < 1.29 is 85.8 Å². The number of nitrogens with one attached hydrogen (secondary N) is 1. The van der Waals surface area contributed by atoms with Crippen molar-refractivity contribution in [2.24, 2.45) is 0 Å². The fourth-order valence-electron chi connectivity index (χ4n) is 3.89. The monoisotopic (exact) mass is 817 g/mol. The zero-order chi connectivity index (χ0) is 41.1. The molecule has 2 N–H and O–H groups in total. The minimum atomic E-state index is -0.867. The van der Waals surface area contributed by atoms with Crippen molar-refractivity contribution in [1.82, 2.24) is 5.32 Å². The molecule has 0 rings (SSSR count). The molecule has 0 heterocycles. The molecule has 1 amide bonds. The van der Waals surface area contributed by atoms with E-state index in [-0.39, 0.29) is 32.0 Å². The van der Waals surface area contributed by atoms with Crippen LogP contribution in [0, 0.1) is 0 Å². The summed E-state index contributed by atoms with van der Waals surface area (Å²) in [5.41, 5.74) is -0.520. The highest BCUT2D eigenvalue weighted by molar-refractivity contribution is 5.69. The highest BCUT2D eigenvalue weighted by Gasteiger charge is 2.15. The molecule has 0 aromatic rings. The number of aliphatic carboxylic acids is 1. The van der Waals surface area contributed by atoms with Crippen molar-refractivity contribution in [3.63, 3.8) is 0 Å². The van der Waals surface area contributed by atoms with Crippen molar-refractivity contribution in [3.8, 4) is 0 Å². The maximum Gasteiger partial charge on any atom is 0.407 e. The molecule has 0 aliphatic heterocycles. The van der Waals surface area contributed by atoms with Gasteiger partial charge >= 0.3 is 18.0 Å². The van der Waals surface area contributed by atoms with Crippen molar-refractivity contribution in [2.75, 3.05) is 172 Å². The lowest BCUT2D eigenvalue weighted by Crippen LogP contribution is -2.34. The number of carbonyl (C=O) groups is 3. The Morgan fingerprint density at radius 3 is 0.964 bits per heavy atom. The van der Waals surface area contributed by atoms with Gasteiger partial charge in [0, 0.05) is 19.4 Å². The lowest BCUT2D eigenvalue weighted by Gasteiger charge is -2.19. The van der Waals surface area contributed by atoms with E-state index in [1.807, 2.05) is 20.8 Å². The van der Waals surface area contributed by atoms with E-state index >= 15 is 0 Å². The first-order chi connectivity index (χ1) is 27.2. The average molecular weight is 818 g/mol. The number of hydrogen-bond donors (Lipinski definition) is 2. The quantitative estimate of drug-likeness (QED) is 0.0664. The van der Waals surface area contributed by atoms with Crippen LogP contribution < -0.4 is 5.32 Å². The zero-order valence-electron chi connectivity index (χ0n) is 34.1. The number of rotatable bonds is 44. The maximum atomic E-state index is 11.5. The van der Waals surface area contributed by atoms with Gasteiger partial charge < -0.3 is 76.7 Å². The second-order valence-corrected chi connectivity index (χ2v) is 12.6. The third-order valence-electron chi connectivity index (χ3n) is 6.52. The third-order valence-corrected chi connectivity index (χ3v) is 6.52. The van der Waals surface area contributed by atoms with Gasteiger partial charge in [-0.25, -0.2) is 4.79 Å². The lowest BCUT2D eigenvalue weighted by molar-refractivity contribution is -0.146. The molecule has 56 heavy (non-hydrogen) atoms. The number of esters is 1. The molecular weight excluding hydrogens is 746 g/mol. The Balaban J connectivity index is 3.13. The molecule has 0 saturated heterocycles. The minimum Gasteiger partial charge on any atom is -0.481 e. The van der Waals surface area contributed by atoms with Crippen molar-refractivity contribution in [1.29, 1.82) is 0 Å². The van der Waals surface area contributed by atoms with E-state index in [1.165, 1.54) is 0 Å². The average Bonchev–Trinajstić information content (AvgIpc) is 3.15. The fourth-order valence-corrected chi connectivity index (χ4v) is 3.89. The predicted molar refractivity (Wildman–Crippen MR) is 201 cm³/mol. The third kappa shape index (κ3) is 47.9. The second-order valence-electron chi connectivity index (χ2n) is 12.6. The molecule has 0 atom stereocenters. The van der Waals surface area contributed by atoms with Gasteiger partial charge in [0.25, 0.3) is 0 Å². The van der Waals surface area contributed by atoms with Gasteiger partial charge in [-0.1, -0.05) is 0 Å². The summed E-state index contributed by atoms with van der Waals surface area (Å²) in [6.45, 7) is 16.7. The van der Waals surface area contributed by atoms with Crippen molar-refractivity contribution >= 4 is 18.0 Å².